The standard InChI is InChI=1S/C16H19NO/c1-12-3-6-14(7-4-12)15-11-13(9-10-17)5-8-16(15)18-2/h3-8,11H,9-10,17H2,1-2H3. The van der Waals surface area contributed by atoms with Gasteiger partial charge in [0.05, 0.1) is 7.11 Å². The van der Waals surface area contributed by atoms with Crippen LogP contribution in [-0.4, -0.2) is 13.7 Å². The molecule has 0 fully saturated rings. The Labute approximate surface area is 108 Å². The molecule has 2 aromatic carbocycles. The minimum Gasteiger partial charge on any atom is -0.496 e. The van der Waals surface area contributed by atoms with Crippen LogP contribution in [0.4, 0.5) is 0 Å². The lowest BCUT2D eigenvalue weighted by Crippen LogP contribution is -2.03. The second-order valence-electron chi connectivity index (χ2n) is 4.44. The molecule has 0 bridgehead atoms. The Hall–Kier alpha value is -1.80. The highest BCUT2D eigenvalue weighted by Crippen LogP contribution is 2.31. The maximum Gasteiger partial charge on any atom is 0.126 e. The lowest BCUT2D eigenvalue weighted by Gasteiger charge is -2.11. The Kier molecular flexibility index (Phi) is 4.00. The molecule has 18 heavy (non-hydrogen) atoms. The number of benzene rings is 2. The summed E-state index contributed by atoms with van der Waals surface area (Å²) in [5.74, 6) is 0.902. The third-order valence-electron chi connectivity index (χ3n) is 3.06. The molecule has 2 nitrogen and oxygen atoms in total. The molecule has 0 heterocycles. The van der Waals surface area contributed by atoms with Crippen LogP contribution in [0.3, 0.4) is 0 Å². The van der Waals surface area contributed by atoms with Gasteiger partial charge in [0.15, 0.2) is 0 Å². The van der Waals surface area contributed by atoms with Crippen LogP contribution in [0.15, 0.2) is 42.5 Å². The van der Waals surface area contributed by atoms with Crippen molar-refractivity contribution in [2.24, 2.45) is 5.73 Å². The van der Waals surface area contributed by atoms with E-state index < -0.39 is 0 Å². The molecular formula is C16H19NO. The predicted octanol–water partition coefficient (Wildman–Crippen LogP) is 3.17. The van der Waals surface area contributed by atoms with E-state index >= 15 is 0 Å². The molecule has 0 spiro atoms. The Morgan fingerprint density at radius 2 is 1.78 bits per heavy atom. The first-order valence-electron chi connectivity index (χ1n) is 6.18. The molecule has 0 saturated heterocycles. The summed E-state index contributed by atoms with van der Waals surface area (Å²) in [4.78, 5) is 0. The van der Waals surface area contributed by atoms with E-state index in [1.54, 1.807) is 7.11 Å². The number of rotatable bonds is 4. The molecule has 0 unspecified atom stereocenters. The first kappa shape index (κ1) is 12.7. The number of aryl methyl sites for hydroxylation is 1. The van der Waals surface area contributed by atoms with Gasteiger partial charge in [0.25, 0.3) is 0 Å². The van der Waals surface area contributed by atoms with E-state index in [0.717, 1.165) is 17.7 Å². The fraction of sp³-hybridized carbons (Fsp3) is 0.250. The summed E-state index contributed by atoms with van der Waals surface area (Å²) >= 11 is 0. The van der Waals surface area contributed by atoms with Gasteiger partial charge in [0.2, 0.25) is 0 Å². The van der Waals surface area contributed by atoms with Crippen LogP contribution < -0.4 is 10.5 Å². The van der Waals surface area contributed by atoms with E-state index in [4.69, 9.17) is 10.5 Å². The number of ether oxygens (including phenoxy) is 1. The van der Waals surface area contributed by atoms with Gasteiger partial charge in [-0.25, -0.2) is 0 Å². The van der Waals surface area contributed by atoms with E-state index in [1.807, 2.05) is 6.07 Å². The molecule has 0 radical (unpaired) electrons. The SMILES string of the molecule is COc1ccc(CCN)cc1-c1ccc(C)cc1. The summed E-state index contributed by atoms with van der Waals surface area (Å²) in [6.07, 6.45) is 0.892. The van der Waals surface area contributed by atoms with Gasteiger partial charge in [0, 0.05) is 5.56 Å². The molecular weight excluding hydrogens is 222 g/mol. The lowest BCUT2D eigenvalue weighted by molar-refractivity contribution is 0.416. The fourth-order valence-corrected chi connectivity index (χ4v) is 2.04. The van der Waals surface area contributed by atoms with Crippen LogP contribution in [0.2, 0.25) is 0 Å². The van der Waals surface area contributed by atoms with Crippen molar-refractivity contribution >= 4 is 0 Å². The maximum absolute atomic E-state index is 5.61. The van der Waals surface area contributed by atoms with Crippen molar-refractivity contribution in [1.82, 2.24) is 0 Å². The zero-order valence-electron chi connectivity index (χ0n) is 10.9. The molecule has 2 heteroatoms. The molecule has 0 aliphatic heterocycles. The van der Waals surface area contributed by atoms with Crippen molar-refractivity contribution in [1.29, 1.82) is 0 Å². The molecule has 2 rings (SSSR count). The van der Waals surface area contributed by atoms with Crippen LogP contribution in [0.25, 0.3) is 11.1 Å². The minimum absolute atomic E-state index is 0.666. The summed E-state index contributed by atoms with van der Waals surface area (Å²) in [5.41, 5.74) is 10.4. The highest BCUT2D eigenvalue weighted by molar-refractivity contribution is 5.71. The molecule has 0 amide bonds. The van der Waals surface area contributed by atoms with Crippen molar-refractivity contribution in [2.45, 2.75) is 13.3 Å². The first-order valence-corrected chi connectivity index (χ1v) is 6.18. The zero-order chi connectivity index (χ0) is 13.0. The lowest BCUT2D eigenvalue weighted by atomic mass is 10.00. The van der Waals surface area contributed by atoms with Crippen molar-refractivity contribution in [3.8, 4) is 16.9 Å². The van der Waals surface area contributed by atoms with E-state index in [0.29, 0.717) is 6.54 Å². The smallest absolute Gasteiger partial charge is 0.126 e. The second kappa shape index (κ2) is 5.69. The van der Waals surface area contributed by atoms with E-state index in [9.17, 15) is 0 Å². The summed E-state index contributed by atoms with van der Waals surface area (Å²) in [7, 11) is 1.70. The van der Waals surface area contributed by atoms with Crippen molar-refractivity contribution in [3.05, 3.63) is 53.6 Å². The largest absolute Gasteiger partial charge is 0.496 e. The van der Waals surface area contributed by atoms with Gasteiger partial charge >= 0.3 is 0 Å². The molecule has 2 N–H and O–H groups in total. The summed E-state index contributed by atoms with van der Waals surface area (Å²) in [5, 5.41) is 0. The summed E-state index contributed by atoms with van der Waals surface area (Å²) in [6, 6.07) is 14.7. The number of hydrogen-bond acceptors (Lipinski definition) is 2. The zero-order valence-corrected chi connectivity index (χ0v) is 10.9. The number of methoxy groups -OCH3 is 1. The molecule has 0 atom stereocenters. The third kappa shape index (κ3) is 2.71. The van der Waals surface area contributed by atoms with Gasteiger partial charge in [-0.2, -0.15) is 0 Å². The summed E-state index contributed by atoms with van der Waals surface area (Å²) < 4.78 is 5.43. The Bertz CT molecular complexity index is 517. The number of nitrogens with two attached hydrogens (primary N) is 1. The van der Waals surface area contributed by atoms with Crippen LogP contribution in [0.1, 0.15) is 11.1 Å². The fourth-order valence-electron chi connectivity index (χ4n) is 2.04. The highest BCUT2D eigenvalue weighted by atomic mass is 16.5. The molecule has 0 aromatic heterocycles. The van der Waals surface area contributed by atoms with Crippen LogP contribution in [0, 0.1) is 6.92 Å². The van der Waals surface area contributed by atoms with E-state index in [2.05, 4.69) is 43.3 Å². The maximum atomic E-state index is 5.61. The normalized spacial score (nSPS) is 10.4. The Balaban J connectivity index is 2.46. The van der Waals surface area contributed by atoms with Gasteiger partial charge in [-0.1, -0.05) is 35.9 Å². The van der Waals surface area contributed by atoms with Gasteiger partial charge < -0.3 is 10.5 Å². The average Bonchev–Trinajstić information content (AvgIpc) is 2.40. The van der Waals surface area contributed by atoms with Crippen LogP contribution in [-0.2, 0) is 6.42 Å². The monoisotopic (exact) mass is 241 g/mol. The Morgan fingerprint density at radius 1 is 1.06 bits per heavy atom. The molecule has 2 aromatic rings. The average molecular weight is 241 g/mol. The van der Waals surface area contributed by atoms with Gasteiger partial charge in [0.1, 0.15) is 5.75 Å². The topological polar surface area (TPSA) is 35.2 Å². The molecule has 0 aliphatic rings. The van der Waals surface area contributed by atoms with Crippen molar-refractivity contribution < 1.29 is 4.74 Å². The van der Waals surface area contributed by atoms with Crippen molar-refractivity contribution in [3.63, 3.8) is 0 Å². The second-order valence-corrected chi connectivity index (χ2v) is 4.44. The quantitative estimate of drug-likeness (QED) is 0.892. The predicted molar refractivity (Wildman–Crippen MR) is 75.9 cm³/mol. The molecule has 0 aliphatic carbocycles. The van der Waals surface area contributed by atoms with Gasteiger partial charge in [-0.3, -0.25) is 0 Å². The van der Waals surface area contributed by atoms with E-state index in [1.165, 1.54) is 16.7 Å². The van der Waals surface area contributed by atoms with E-state index in [-0.39, 0.29) is 0 Å². The first-order chi connectivity index (χ1) is 8.74. The number of hydrogen-bond donors (Lipinski definition) is 1. The van der Waals surface area contributed by atoms with Gasteiger partial charge in [-0.05, 0) is 43.1 Å². The third-order valence-corrected chi connectivity index (χ3v) is 3.06. The minimum atomic E-state index is 0.666. The Morgan fingerprint density at radius 3 is 2.39 bits per heavy atom. The van der Waals surface area contributed by atoms with Gasteiger partial charge in [-0.15, -0.1) is 0 Å². The van der Waals surface area contributed by atoms with Crippen LogP contribution in [0.5, 0.6) is 5.75 Å². The molecule has 0 saturated carbocycles. The highest BCUT2D eigenvalue weighted by Gasteiger charge is 2.06. The summed E-state index contributed by atoms with van der Waals surface area (Å²) in [6.45, 7) is 2.76. The van der Waals surface area contributed by atoms with Crippen LogP contribution >= 0.6 is 0 Å². The van der Waals surface area contributed by atoms with Crippen molar-refractivity contribution in [2.75, 3.05) is 13.7 Å². The molecule has 94 valence electrons.